The Balaban J connectivity index is 1.83. The summed E-state index contributed by atoms with van der Waals surface area (Å²) in [5.74, 6) is 0.464. The highest BCUT2D eigenvalue weighted by Crippen LogP contribution is 2.27. The molecule has 0 saturated carbocycles. The Bertz CT molecular complexity index is 889. The molecular weight excluding hydrogens is 302 g/mol. The molecule has 1 heterocycles. The fraction of sp³-hybridized carbons (Fsp3) is 0.158. The molecule has 0 spiro atoms. The lowest BCUT2D eigenvalue weighted by molar-refractivity contribution is 0.0600. The van der Waals surface area contributed by atoms with Crippen LogP contribution in [0.3, 0.4) is 0 Å². The summed E-state index contributed by atoms with van der Waals surface area (Å²) >= 11 is 0. The van der Waals surface area contributed by atoms with E-state index in [1.807, 2.05) is 43.3 Å². The SMILES string of the molecule is COC(=O)c1ccc(CNc2nc(C)cc3c(N)cccc23)cc1. The van der Waals surface area contributed by atoms with E-state index in [1.54, 1.807) is 12.1 Å². The first-order valence-electron chi connectivity index (χ1n) is 7.65. The summed E-state index contributed by atoms with van der Waals surface area (Å²) in [7, 11) is 1.37. The zero-order valence-electron chi connectivity index (χ0n) is 13.7. The summed E-state index contributed by atoms with van der Waals surface area (Å²) < 4.78 is 4.70. The summed E-state index contributed by atoms with van der Waals surface area (Å²) in [6.45, 7) is 2.55. The number of pyridine rings is 1. The Kier molecular flexibility index (Phi) is 4.33. The predicted octanol–water partition coefficient (Wildman–Crippen LogP) is 3.52. The lowest BCUT2D eigenvalue weighted by Crippen LogP contribution is -2.05. The minimum Gasteiger partial charge on any atom is -0.465 e. The van der Waals surface area contributed by atoms with Gasteiger partial charge in [0.25, 0.3) is 0 Å². The number of benzene rings is 2. The van der Waals surface area contributed by atoms with Gasteiger partial charge in [-0.15, -0.1) is 0 Å². The van der Waals surface area contributed by atoms with Gasteiger partial charge in [0, 0.05) is 28.7 Å². The number of nitrogens with one attached hydrogen (secondary N) is 1. The third kappa shape index (κ3) is 3.15. The Morgan fingerprint density at radius 3 is 2.62 bits per heavy atom. The molecule has 3 N–H and O–H groups in total. The fourth-order valence-corrected chi connectivity index (χ4v) is 2.63. The lowest BCUT2D eigenvalue weighted by Gasteiger charge is -2.12. The molecule has 0 amide bonds. The molecule has 0 fully saturated rings. The van der Waals surface area contributed by atoms with E-state index in [4.69, 9.17) is 10.5 Å². The molecule has 3 aromatic rings. The third-order valence-corrected chi connectivity index (χ3v) is 3.87. The highest BCUT2D eigenvalue weighted by molar-refractivity contribution is 5.99. The van der Waals surface area contributed by atoms with Gasteiger partial charge in [-0.25, -0.2) is 9.78 Å². The smallest absolute Gasteiger partial charge is 0.337 e. The zero-order chi connectivity index (χ0) is 17.1. The molecule has 0 bridgehead atoms. The summed E-state index contributed by atoms with van der Waals surface area (Å²) in [6, 6.07) is 15.1. The molecule has 24 heavy (non-hydrogen) atoms. The summed E-state index contributed by atoms with van der Waals surface area (Å²) in [6.07, 6.45) is 0. The standard InChI is InChI=1S/C19H19N3O2/c1-12-10-16-15(4-3-5-17(16)20)18(22-12)21-11-13-6-8-14(9-7-13)19(23)24-2/h3-10H,11,20H2,1-2H3,(H,21,22). The number of carbonyl (C=O) groups excluding carboxylic acids is 1. The second-order valence-electron chi connectivity index (χ2n) is 5.60. The van der Waals surface area contributed by atoms with E-state index >= 15 is 0 Å². The lowest BCUT2D eigenvalue weighted by atomic mass is 10.1. The van der Waals surface area contributed by atoms with Gasteiger partial charge in [-0.2, -0.15) is 0 Å². The number of hydrogen-bond donors (Lipinski definition) is 2. The largest absolute Gasteiger partial charge is 0.465 e. The summed E-state index contributed by atoms with van der Waals surface area (Å²) in [5.41, 5.74) is 9.29. The van der Waals surface area contributed by atoms with Gasteiger partial charge < -0.3 is 15.8 Å². The van der Waals surface area contributed by atoms with Crippen LogP contribution in [-0.2, 0) is 11.3 Å². The number of esters is 1. The van der Waals surface area contributed by atoms with E-state index in [0.29, 0.717) is 12.1 Å². The molecule has 3 rings (SSSR count). The van der Waals surface area contributed by atoms with E-state index in [-0.39, 0.29) is 5.97 Å². The Labute approximate surface area is 140 Å². The minimum absolute atomic E-state index is 0.337. The number of nitrogens with two attached hydrogens (primary N) is 1. The number of fused-ring (bicyclic) bond motifs is 1. The number of hydrogen-bond acceptors (Lipinski definition) is 5. The maximum absolute atomic E-state index is 11.5. The molecule has 122 valence electrons. The first kappa shape index (κ1) is 15.8. The van der Waals surface area contributed by atoms with Crippen LogP contribution in [0.1, 0.15) is 21.6 Å². The molecule has 0 saturated heterocycles. The number of methoxy groups -OCH3 is 1. The summed E-state index contributed by atoms with van der Waals surface area (Å²) in [5, 5.41) is 5.34. The molecule has 5 heteroatoms. The zero-order valence-corrected chi connectivity index (χ0v) is 13.7. The monoisotopic (exact) mass is 321 g/mol. The number of carbonyl (C=O) groups is 1. The highest BCUT2D eigenvalue weighted by atomic mass is 16.5. The van der Waals surface area contributed by atoms with Crippen LogP contribution in [0, 0.1) is 6.92 Å². The first-order valence-corrected chi connectivity index (χ1v) is 7.65. The molecular formula is C19H19N3O2. The van der Waals surface area contributed by atoms with E-state index in [0.717, 1.165) is 33.5 Å². The van der Waals surface area contributed by atoms with E-state index < -0.39 is 0 Å². The highest BCUT2D eigenvalue weighted by Gasteiger charge is 2.07. The second kappa shape index (κ2) is 6.58. The van der Waals surface area contributed by atoms with Gasteiger partial charge in [0.2, 0.25) is 0 Å². The van der Waals surface area contributed by atoms with Gasteiger partial charge in [-0.05, 0) is 36.8 Å². The average molecular weight is 321 g/mol. The van der Waals surface area contributed by atoms with Crippen LogP contribution in [0.5, 0.6) is 0 Å². The number of nitrogen functional groups attached to an aromatic ring is 1. The Hall–Kier alpha value is -3.08. The normalized spacial score (nSPS) is 10.6. The van der Waals surface area contributed by atoms with Gasteiger partial charge in [-0.1, -0.05) is 24.3 Å². The van der Waals surface area contributed by atoms with Crippen LogP contribution in [0.2, 0.25) is 0 Å². The molecule has 0 unspecified atom stereocenters. The molecule has 0 aliphatic heterocycles. The summed E-state index contributed by atoms with van der Waals surface area (Å²) in [4.78, 5) is 16.0. The number of rotatable bonds is 4. The maximum Gasteiger partial charge on any atom is 0.337 e. The van der Waals surface area contributed by atoms with Crippen molar-refractivity contribution in [1.29, 1.82) is 0 Å². The van der Waals surface area contributed by atoms with Gasteiger partial charge in [0.15, 0.2) is 0 Å². The number of nitrogens with zero attached hydrogens (tertiary/aromatic N) is 1. The van der Waals surface area contributed by atoms with Gasteiger partial charge in [0.1, 0.15) is 5.82 Å². The molecule has 2 aromatic carbocycles. The van der Waals surface area contributed by atoms with E-state index in [2.05, 4.69) is 10.3 Å². The van der Waals surface area contributed by atoms with E-state index in [9.17, 15) is 4.79 Å². The van der Waals surface area contributed by atoms with Crippen LogP contribution in [-0.4, -0.2) is 18.1 Å². The predicted molar refractivity (Wildman–Crippen MR) is 96.0 cm³/mol. The van der Waals surface area contributed by atoms with Crippen molar-refractivity contribution in [2.45, 2.75) is 13.5 Å². The quantitative estimate of drug-likeness (QED) is 0.568. The Morgan fingerprint density at radius 2 is 1.92 bits per heavy atom. The van der Waals surface area contributed by atoms with Gasteiger partial charge >= 0.3 is 5.97 Å². The van der Waals surface area contributed by atoms with Crippen molar-refractivity contribution >= 4 is 28.2 Å². The molecule has 0 aliphatic carbocycles. The van der Waals surface area contributed by atoms with Gasteiger partial charge in [-0.3, -0.25) is 0 Å². The minimum atomic E-state index is -0.337. The molecule has 0 aliphatic rings. The van der Waals surface area contributed by atoms with Crippen LogP contribution < -0.4 is 11.1 Å². The number of anilines is 2. The average Bonchev–Trinajstić information content (AvgIpc) is 2.60. The van der Waals surface area contributed by atoms with Crippen molar-refractivity contribution in [2.75, 3.05) is 18.2 Å². The van der Waals surface area contributed by atoms with Crippen molar-refractivity contribution in [3.05, 3.63) is 65.4 Å². The topological polar surface area (TPSA) is 77.2 Å². The van der Waals surface area contributed by atoms with E-state index in [1.165, 1.54) is 7.11 Å². The van der Waals surface area contributed by atoms with Crippen molar-refractivity contribution in [1.82, 2.24) is 4.98 Å². The van der Waals surface area contributed by atoms with Crippen molar-refractivity contribution in [3.63, 3.8) is 0 Å². The van der Waals surface area contributed by atoms with Crippen molar-refractivity contribution in [3.8, 4) is 0 Å². The third-order valence-electron chi connectivity index (χ3n) is 3.87. The first-order chi connectivity index (χ1) is 11.6. The van der Waals surface area contributed by atoms with Crippen LogP contribution >= 0.6 is 0 Å². The number of ether oxygens (including phenoxy) is 1. The molecule has 5 nitrogen and oxygen atoms in total. The molecule has 0 radical (unpaired) electrons. The second-order valence-corrected chi connectivity index (χ2v) is 5.60. The van der Waals surface area contributed by atoms with Crippen LogP contribution in [0.4, 0.5) is 11.5 Å². The molecule has 1 aromatic heterocycles. The van der Waals surface area contributed by atoms with Crippen LogP contribution in [0.25, 0.3) is 10.8 Å². The number of aromatic nitrogens is 1. The maximum atomic E-state index is 11.5. The Morgan fingerprint density at radius 1 is 1.17 bits per heavy atom. The molecule has 0 atom stereocenters. The fourth-order valence-electron chi connectivity index (χ4n) is 2.63. The van der Waals surface area contributed by atoms with Gasteiger partial charge in [0.05, 0.1) is 12.7 Å². The van der Waals surface area contributed by atoms with Crippen molar-refractivity contribution < 1.29 is 9.53 Å². The number of aryl methyl sites for hydroxylation is 1. The van der Waals surface area contributed by atoms with Crippen LogP contribution in [0.15, 0.2) is 48.5 Å². The van der Waals surface area contributed by atoms with Crippen molar-refractivity contribution in [2.24, 2.45) is 0 Å².